The Morgan fingerprint density at radius 1 is 1.40 bits per heavy atom. The maximum Gasteiger partial charge on any atom is 0.272 e. The predicted octanol–water partition coefficient (Wildman–Crippen LogP) is 2.33. The van der Waals surface area contributed by atoms with Crippen LogP contribution in [0.2, 0.25) is 0 Å². The van der Waals surface area contributed by atoms with Crippen LogP contribution in [-0.2, 0) is 4.74 Å². The summed E-state index contributed by atoms with van der Waals surface area (Å²) in [7, 11) is 0. The van der Waals surface area contributed by atoms with Crippen LogP contribution in [0.4, 0.5) is 8.78 Å². The largest absolute Gasteiger partial charge is 0.487 e. The third-order valence-electron chi connectivity index (χ3n) is 3.88. The molecule has 1 atom stereocenters. The molecule has 132 valence electrons. The number of rotatable bonds is 6. The third kappa shape index (κ3) is 3.74. The van der Waals surface area contributed by atoms with Crippen LogP contribution in [0, 0.1) is 0 Å². The van der Waals surface area contributed by atoms with Crippen molar-refractivity contribution >= 4 is 6.29 Å². The fraction of sp³-hybridized carbons (Fsp3) is 0.353. The minimum atomic E-state index is -2.64. The smallest absolute Gasteiger partial charge is 0.272 e. The molecule has 1 aliphatic heterocycles. The number of carbonyl (C=O) groups excluding carboxylic acids is 1. The molecule has 1 unspecified atom stereocenters. The molecule has 0 N–H and O–H groups in total. The molecule has 0 spiro atoms. The normalized spacial score (nSPS) is 17.0. The van der Waals surface area contributed by atoms with E-state index in [9.17, 15) is 18.4 Å². The Morgan fingerprint density at radius 3 is 2.88 bits per heavy atom. The number of benzene rings is 1. The van der Waals surface area contributed by atoms with Gasteiger partial charge in [-0.15, -0.1) is 0 Å². The Bertz CT molecular complexity index is 817. The van der Waals surface area contributed by atoms with E-state index in [0.29, 0.717) is 25.9 Å². The Hall–Kier alpha value is -2.61. The van der Waals surface area contributed by atoms with E-state index >= 15 is 0 Å². The molecule has 3 rings (SSSR count). The van der Waals surface area contributed by atoms with E-state index < -0.39 is 18.5 Å². The summed E-state index contributed by atoms with van der Waals surface area (Å²) in [6.07, 6.45) is -0.0879. The van der Waals surface area contributed by atoms with E-state index in [2.05, 4.69) is 5.10 Å². The summed E-state index contributed by atoms with van der Waals surface area (Å²) in [6, 6.07) is 6.19. The van der Waals surface area contributed by atoms with Crippen LogP contribution < -0.4 is 10.2 Å². The van der Waals surface area contributed by atoms with Crippen molar-refractivity contribution in [2.24, 2.45) is 0 Å². The molecule has 0 saturated carbocycles. The second-order valence-corrected chi connectivity index (χ2v) is 5.58. The number of hydrogen-bond acceptors (Lipinski definition) is 5. The van der Waals surface area contributed by atoms with Crippen LogP contribution in [0.15, 0.2) is 35.3 Å². The van der Waals surface area contributed by atoms with Gasteiger partial charge in [0, 0.05) is 18.4 Å². The van der Waals surface area contributed by atoms with Gasteiger partial charge in [0.2, 0.25) is 5.43 Å². The summed E-state index contributed by atoms with van der Waals surface area (Å²) in [6.45, 7) is 0.199. The lowest BCUT2D eigenvalue weighted by Crippen LogP contribution is -2.22. The Kier molecular flexibility index (Phi) is 5.18. The maximum absolute atomic E-state index is 12.5. The molecule has 1 saturated heterocycles. The summed E-state index contributed by atoms with van der Waals surface area (Å²) >= 11 is 0. The van der Waals surface area contributed by atoms with Gasteiger partial charge in [0.05, 0.1) is 18.2 Å². The van der Waals surface area contributed by atoms with Crippen molar-refractivity contribution in [3.8, 4) is 17.0 Å². The number of ether oxygens (including phenoxy) is 2. The molecule has 2 heterocycles. The number of alkyl halides is 2. The fourth-order valence-corrected chi connectivity index (χ4v) is 2.65. The number of carbonyl (C=O) groups is 1. The lowest BCUT2D eigenvalue weighted by Gasteiger charge is -2.15. The second-order valence-electron chi connectivity index (χ2n) is 5.58. The van der Waals surface area contributed by atoms with Gasteiger partial charge < -0.3 is 9.47 Å². The summed E-state index contributed by atoms with van der Waals surface area (Å²) in [4.78, 5) is 23.8. The molecular formula is C17H16F2N2O4. The SMILES string of the molecule is O=Cc1cn(C2CCOC2)nc(-c2ccccc2OCC(F)F)c1=O. The van der Waals surface area contributed by atoms with Crippen molar-refractivity contribution in [1.82, 2.24) is 9.78 Å². The van der Waals surface area contributed by atoms with Gasteiger partial charge in [-0.3, -0.25) is 14.3 Å². The molecule has 1 aromatic heterocycles. The number of nitrogens with zero attached hydrogens (tertiary/aromatic N) is 2. The standard InChI is InChI=1S/C17H16F2N2O4/c18-15(19)10-25-14-4-2-1-3-13(14)16-17(23)11(8-22)7-21(20-16)12-5-6-24-9-12/h1-4,7-8,12,15H,5-6,9-10H2. The predicted molar refractivity (Wildman–Crippen MR) is 85.3 cm³/mol. The van der Waals surface area contributed by atoms with Crippen molar-refractivity contribution in [3.05, 3.63) is 46.2 Å². The second kappa shape index (κ2) is 7.52. The van der Waals surface area contributed by atoms with Crippen molar-refractivity contribution in [1.29, 1.82) is 0 Å². The highest BCUT2D eigenvalue weighted by molar-refractivity contribution is 5.78. The van der Waals surface area contributed by atoms with Crippen LogP contribution in [0.3, 0.4) is 0 Å². The fourth-order valence-electron chi connectivity index (χ4n) is 2.65. The van der Waals surface area contributed by atoms with E-state index in [4.69, 9.17) is 9.47 Å². The quantitative estimate of drug-likeness (QED) is 0.748. The van der Waals surface area contributed by atoms with Crippen LogP contribution in [0.5, 0.6) is 5.75 Å². The van der Waals surface area contributed by atoms with Crippen molar-refractivity contribution in [2.75, 3.05) is 19.8 Å². The minimum Gasteiger partial charge on any atom is -0.487 e. The zero-order valence-corrected chi connectivity index (χ0v) is 13.2. The highest BCUT2D eigenvalue weighted by Gasteiger charge is 2.22. The van der Waals surface area contributed by atoms with E-state index in [1.165, 1.54) is 16.9 Å². The summed E-state index contributed by atoms with van der Waals surface area (Å²) < 4.78 is 36.8. The average Bonchev–Trinajstić information content (AvgIpc) is 3.15. The molecule has 0 aliphatic carbocycles. The van der Waals surface area contributed by atoms with Gasteiger partial charge in [0.25, 0.3) is 6.43 Å². The van der Waals surface area contributed by atoms with Gasteiger partial charge in [0.15, 0.2) is 6.29 Å². The minimum absolute atomic E-state index is 0.0126. The molecular weight excluding hydrogens is 334 g/mol. The van der Waals surface area contributed by atoms with Gasteiger partial charge in [-0.2, -0.15) is 5.10 Å². The molecule has 2 aromatic rings. The lowest BCUT2D eigenvalue weighted by atomic mass is 10.1. The number of aldehydes is 1. The average molecular weight is 350 g/mol. The molecule has 1 aliphatic rings. The topological polar surface area (TPSA) is 70.4 Å². The van der Waals surface area contributed by atoms with Crippen LogP contribution >= 0.6 is 0 Å². The van der Waals surface area contributed by atoms with E-state index in [-0.39, 0.29) is 28.6 Å². The first-order chi connectivity index (χ1) is 12.1. The van der Waals surface area contributed by atoms with Crippen molar-refractivity contribution in [3.63, 3.8) is 0 Å². The number of hydrogen-bond donors (Lipinski definition) is 0. The van der Waals surface area contributed by atoms with E-state index in [1.54, 1.807) is 18.2 Å². The van der Waals surface area contributed by atoms with Crippen LogP contribution in [0.25, 0.3) is 11.3 Å². The number of para-hydroxylation sites is 1. The first-order valence-electron chi connectivity index (χ1n) is 7.77. The van der Waals surface area contributed by atoms with Gasteiger partial charge in [-0.05, 0) is 18.6 Å². The first kappa shape index (κ1) is 17.2. The lowest BCUT2D eigenvalue weighted by molar-refractivity contribution is 0.0821. The zero-order valence-electron chi connectivity index (χ0n) is 13.2. The first-order valence-corrected chi connectivity index (χ1v) is 7.77. The molecule has 0 radical (unpaired) electrons. The Labute approximate surface area is 142 Å². The zero-order chi connectivity index (χ0) is 17.8. The maximum atomic E-state index is 12.5. The molecule has 1 aromatic carbocycles. The van der Waals surface area contributed by atoms with Crippen LogP contribution in [-0.4, -0.2) is 42.3 Å². The van der Waals surface area contributed by atoms with Crippen molar-refractivity contribution < 1.29 is 23.0 Å². The highest BCUT2D eigenvalue weighted by Crippen LogP contribution is 2.28. The van der Waals surface area contributed by atoms with E-state index in [1.807, 2.05) is 0 Å². The number of halogens is 2. The number of aromatic nitrogens is 2. The van der Waals surface area contributed by atoms with Gasteiger partial charge in [-0.25, -0.2) is 8.78 Å². The summed E-state index contributed by atoms with van der Waals surface area (Å²) in [5.74, 6) is 0.115. The van der Waals surface area contributed by atoms with Gasteiger partial charge in [-0.1, -0.05) is 12.1 Å². The highest BCUT2D eigenvalue weighted by atomic mass is 19.3. The molecule has 8 heteroatoms. The van der Waals surface area contributed by atoms with Crippen LogP contribution in [0.1, 0.15) is 22.8 Å². The van der Waals surface area contributed by atoms with Crippen molar-refractivity contribution in [2.45, 2.75) is 18.9 Å². The van der Waals surface area contributed by atoms with Gasteiger partial charge in [0.1, 0.15) is 18.1 Å². The Balaban J connectivity index is 2.08. The third-order valence-corrected chi connectivity index (χ3v) is 3.88. The van der Waals surface area contributed by atoms with Gasteiger partial charge >= 0.3 is 0 Å². The summed E-state index contributed by atoms with van der Waals surface area (Å²) in [5, 5.41) is 4.32. The van der Waals surface area contributed by atoms with E-state index in [0.717, 1.165) is 0 Å². The Morgan fingerprint density at radius 2 is 2.20 bits per heavy atom. The molecule has 25 heavy (non-hydrogen) atoms. The summed E-state index contributed by atoms with van der Waals surface area (Å²) in [5.41, 5.74) is -0.371. The molecule has 6 nitrogen and oxygen atoms in total. The molecule has 1 fully saturated rings. The molecule has 0 amide bonds. The monoisotopic (exact) mass is 350 g/mol. The molecule has 0 bridgehead atoms.